The molecule has 2 amide bonds. The van der Waals surface area contributed by atoms with Gasteiger partial charge in [0.25, 0.3) is 5.91 Å². The zero-order valence-electron chi connectivity index (χ0n) is 20.2. The third kappa shape index (κ3) is 4.67. The van der Waals surface area contributed by atoms with E-state index in [1.54, 1.807) is 26.1 Å². The van der Waals surface area contributed by atoms with Gasteiger partial charge in [0.15, 0.2) is 0 Å². The summed E-state index contributed by atoms with van der Waals surface area (Å²) in [5.74, 6) is 1.52. The molecule has 4 fully saturated rings. The van der Waals surface area contributed by atoms with Gasteiger partial charge in [-0.05, 0) is 75.0 Å². The number of nitrogens with one attached hydrogen (secondary N) is 1. The molecule has 4 N–H and O–H groups in total. The second-order valence-electron chi connectivity index (χ2n) is 11.5. The van der Waals surface area contributed by atoms with E-state index in [4.69, 9.17) is 10.5 Å². The highest BCUT2D eigenvalue weighted by Gasteiger charge is 2.55. The predicted molar refractivity (Wildman–Crippen MR) is 125 cm³/mol. The summed E-state index contributed by atoms with van der Waals surface area (Å²) in [5.41, 5.74) is 5.07. The first-order valence-electron chi connectivity index (χ1n) is 12.1. The smallest absolute Gasteiger partial charge is 0.258 e. The number of hydrogen-bond donors (Lipinski definition) is 3. The summed E-state index contributed by atoms with van der Waals surface area (Å²) in [4.78, 5) is 25.1. The Morgan fingerprint density at radius 1 is 1.33 bits per heavy atom. The zero-order chi connectivity index (χ0) is 24.0. The molecule has 1 heterocycles. The number of ether oxygens (including phenoxy) is 1. The monoisotopic (exact) mass is 458 g/mol. The molecule has 4 bridgehead atoms. The van der Waals surface area contributed by atoms with Crippen LogP contribution in [0, 0.1) is 34.5 Å². The molecule has 8 heteroatoms. The van der Waals surface area contributed by atoms with E-state index in [2.05, 4.69) is 10.4 Å². The van der Waals surface area contributed by atoms with Crippen molar-refractivity contribution in [2.24, 2.45) is 40.2 Å². The van der Waals surface area contributed by atoms with Crippen molar-refractivity contribution in [2.75, 3.05) is 13.2 Å². The van der Waals surface area contributed by atoms with Gasteiger partial charge in [0.05, 0.1) is 18.2 Å². The number of aromatic nitrogens is 2. The van der Waals surface area contributed by atoms with Crippen LogP contribution in [0.3, 0.4) is 0 Å². The Morgan fingerprint density at radius 3 is 2.58 bits per heavy atom. The van der Waals surface area contributed by atoms with Crippen LogP contribution in [0.1, 0.15) is 70.2 Å². The number of carbonyl (C=O) groups is 2. The molecule has 4 saturated carbocycles. The van der Waals surface area contributed by atoms with Gasteiger partial charge < -0.3 is 20.9 Å². The summed E-state index contributed by atoms with van der Waals surface area (Å²) in [5, 5.41) is 17.7. The number of amides is 2. The minimum atomic E-state index is -0.854. The Hall–Kier alpha value is -2.35. The molecule has 33 heavy (non-hydrogen) atoms. The van der Waals surface area contributed by atoms with Crippen molar-refractivity contribution in [2.45, 2.75) is 65.8 Å². The number of aliphatic hydroxyl groups excluding tert-OH is 1. The third-order valence-corrected chi connectivity index (χ3v) is 7.85. The van der Waals surface area contributed by atoms with E-state index in [1.165, 1.54) is 10.9 Å². The molecule has 182 valence electrons. The number of nitrogens with two attached hydrogens (primary N) is 1. The minimum absolute atomic E-state index is 0.0617. The van der Waals surface area contributed by atoms with Gasteiger partial charge in [0.2, 0.25) is 11.8 Å². The molecule has 0 aromatic carbocycles. The van der Waals surface area contributed by atoms with E-state index in [0.29, 0.717) is 35.8 Å². The maximum Gasteiger partial charge on any atom is 0.258 e. The van der Waals surface area contributed by atoms with Crippen molar-refractivity contribution in [3.05, 3.63) is 17.8 Å². The van der Waals surface area contributed by atoms with E-state index in [1.807, 2.05) is 13.8 Å². The molecular weight excluding hydrogens is 420 g/mol. The number of nitrogens with zero attached hydrogens (tertiary/aromatic N) is 2. The molecule has 4 aliphatic rings. The third-order valence-electron chi connectivity index (χ3n) is 7.85. The second-order valence-corrected chi connectivity index (χ2v) is 11.5. The highest BCUT2D eigenvalue weighted by molar-refractivity contribution is 5.96. The van der Waals surface area contributed by atoms with Crippen molar-refractivity contribution in [1.29, 1.82) is 0 Å². The number of rotatable bonds is 9. The van der Waals surface area contributed by atoms with Gasteiger partial charge in [-0.1, -0.05) is 19.9 Å². The molecule has 2 atom stereocenters. The van der Waals surface area contributed by atoms with E-state index >= 15 is 0 Å². The first-order valence-corrected chi connectivity index (χ1v) is 12.1. The average molecular weight is 459 g/mol. The first-order chi connectivity index (χ1) is 15.5. The Balaban J connectivity index is 1.54. The quantitative estimate of drug-likeness (QED) is 0.526. The van der Waals surface area contributed by atoms with Crippen LogP contribution < -0.4 is 15.8 Å². The summed E-state index contributed by atoms with van der Waals surface area (Å²) in [7, 11) is 0. The average Bonchev–Trinajstić information content (AvgIpc) is 3.15. The van der Waals surface area contributed by atoms with Crippen molar-refractivity contribution in [1.82, 2.24) is 15.1 Å². The summed E-state index contributed by atoms with van der Waals surface area (Å²) >= 11 is 0. The van der Waals surface area contributed by atoms with E-state index in [9.17, 15) is 14.7 Å². The van der Waals surface area contributed by atoms with Crippen LogP contribution in [0.4, 0.5) is 0 Å². The number of primary amides is 1. The van der Waals surface area contributed by atoms with Crippen LogP contribution in [0.15, 0.2) is 12.3 Å². The lowest BCUT2D eigenvalue weighted by atomic mass is 9.48. The van der Waals surface area contributed by atoms with Gasteiger partial charge in [-0.25, -0.2) is 4.68 Å². The van der Waals surface area contributed by atoms with Crippen molar-refractivity contribution >= 4 is 18.0 Å². The molecule has 5 rings (SSSR count). The van der Waals surface area contributed by atoms with Gasteiger partial charge in [-0.15, -0.1) is 0 Å². The van der Waals surface area contributed by atoms with E-state index in [-0.39, 0.29) is 29.9 Å². The molecule has 0 radical (unpaired) electrons. The summed E-state index contributed by atoms with van der Waals surface area (Å²) in [6.07, 6.45) is 10.2. The maximum atomic E-state index is 13.4. The van der Waals surface area contributed by atoms with Crippen molar-refractivity contribution < 1.29 is 19.4 Å². The molecule has 0 saturated heterocycles. The Labute approximate surface area is 195 Å². The highest BCUT2D eigenvalue weighted by Crippen LogP contribution is 2.59. The fourth-order valence-corrected chi connectivity index (χ4v) is 6.19. The fraction of sp³-hybridized carbons (Fsp3) is 0.720. The molecule has 4 aliphatic carbocycles. The molecule has 1 aromatic rings. The molecule has 1 aromatic heterocycles. The van der Waals surface area contributed by atoms with Crippen LogP contribution in [-0.2, 0) is 4.79 Å². The number of carbonyl (C=O) groups excluding carboxylic acids is 2. The second kappa shape index (κ2) is 8.78. The first kappa shape index (κ1) is 23.8. The van der Waals surface area contributed by atoms with Crippen LogP contribution >= 0.6 is 0 Å². The number of hydrogen-bond acceptors (Lipinski definition) is 5. The molecule has 0 spiro atoms. The van der Waals surface area contributed by atoms with Gasteiger partial charge >= 0.3 is 0 Å². The molecular formula is C25H38N4O4. The van der Waals surface area contributed by atoms with Gasteiger partial charge in [-0.3, -0.25) is 9.59 Å². The molecule has 0 aliphatic heterocycles. The van der Waals surface area contributed by atoms with Crippen LogP contribution in [0.25, 0.3) is 6.20 Å². The summed E-state index contributed by atoms with van der Waals surface area (Å²) in [6.45, 7) is 8.22. The van der Waals surface area contributed by atoms with E-state index < -0.39 is 11.3 Å². The Bertz CT molecular complexity index is 919. The van der Waals surface area contributed by atoms with Gasteiger partial charge in [-0.2, -0.15) is 5.10 Å². The number of aliphatic hydroxyl groups is 1. The normalized spacial score (nSPS) is 30.8. The topological polar surface area (TPSA) is 119 Å². The van der Waals surface area contributed by atoms with E-state index in [0.717, 1.165) is 32.1 Å². The van der Waals surface area contributed by atoms with Crippen LogP contribution in [0.5, 0.6) is 5.88 Å². The largest absolute Gasteiger partial charge is 0.477 e. The maximum absolute atomic E-state index is 13.4. The fourth-order valence-electron chi connectivity index (χ4n) is 6.19. The predicted octanol–water partition coefficient (Wildman–Crippen LogP) is 2.82. The van der Waals surface area contributed by atoms with Crippen molar-refractivity contribution in [3.63, 3.8) is 0 Å². The van der Waals surface area contributed by atoms with Crippen LogP contribution in [-0.4, -0.2) is 46.0 Å². The zero-order valence-corrected chi connectivity index (χ0v) is 20.2. The Morgan fingerprint density at radius 2 is 2.00 bits per heavy atom. The van der Waals surface area contributed by atoms with Gasteiger partial charge in [0, 0.05) is 18.8 Å². The summed E-state index contributed by atoms with van der Waals surface area (Å²) in [6, 6.07) is 0.124. The lowest BCUT2D eigenvalue weighted by Gasteiger charge is -2.59. The SMILES string of the molecule is CC(C)COc1c(C(=O)N[C@H]2C3CC4CC2C[C@](CO)(C4)C3)cnn1/C=C/C(C)(C)C(N)=O. The molecule has 8 nitrogen and oxygen atoms in total. The van der Waals surface area contributed by atoms with Gasteiger partial charge in [0.1, 0.15) is 5.56 Å². The lowest BCUT2D eigenvalue weighted by molar-refractivity contribution is -0.123. The lowest BCUT2D eigenvalue weighted by Crippen LogP contribution is -2.60. The highest BCUT2D eigenvalue weighted by atomic mass is 16.5. The van der Waals surface area contributed by atoms with Crippen molar-refractivity contribution in [3.8, 4) is 5.88 Å². The van der Waals surface area contributed by atoms with Crippen LogP contribution in [0.2, 0.25) is 0 Å². The minimum Gasteiger partial charge on any atom is -0.477 e. The summed E-state index contributed by atoms with van der Waals surface area (Å²) < 4.78 is 7.50. The Kier molecular flexibility index (Phi) is 6.33. The standard InChI is InChI=1S/C25H38N4O4/c1-15(2)13-33-22-19(12-27-29(22)6-5-24(3,4)23(26)32)21(31)28-20-17-7-16-8-18(20)11-25(9-16,10-17)14-30/h5-6,12,15-18,20,30H,7-11,13-14H2,1-4H3,(H2,26,32)(H,28,31)/b6-5+/t16?,17?,18?,20-,25-. The molecule has 2 unspecified atom stereocenters.